The molecular weight excluding hydrogens is 349 g/mol. The summed E-state index contributed by atoms with van der Waals surface area (Å²) in [6, 6.07) is 12.1. The van der Waals surface area contributed by atoms with Crippen molar-refractivity contribution in [3.05, 3.63) is 63.6 Å². The van der Waals surface area contributed by atoms with Crippen LogP contribution in [0, 0.1) is 0 Å². The smallest absolute Gasteiger partial charge is 0.341 e. The van der Waals surface area contributed by atoms with Crippen LogP contribution in [0.1, 0.15) is 29.8 Å². The number of esters is 1. The number of benzene rings is 2. The van der Waals surface area contributed by atoms with E-state index in [4.69, 9.17) is 27.9 Å². The second kappa shape index (κ2) is 8.18. The average molecular weight is 366 g/mol. The lowest BCUT2D eigenvalue weighted by Gasteiger charge is -2.14. The first-order chi connectivity index (χ1) is 11.4. The van der Waals surface area contributed by atoms with Gasteiger partial charge in [0, 0.05) is 5.69 Å². The fraction of sp³-hybridized carbons (Fsp3) is 0.222. The summed E-state index contributed by atoms with van der Waals surface area (Å²) in [7, 11) is 0. The lowest BCUT2D eigenvalue weighted by Crippen LogP contribution is -2.30. The van der Waals surface area contributed by atoms with Gasteiger partial charge in [-0.05, 0) is 43.2 Å². The molecule has 1 N–H and O–H groups in total. The Bertz CT molecular complexity index is 724. The predicted molar refractivity (Wildman–Crippen MR) is 95.8 cm³/mol. The lowest BCUT2D eigenvalue weighted by atomic mass is 10.1. The third-order valence-electron chi connectivity index (χ3n) is 3.45. The lowest BCUT2D eigenvalue weighted by molar-refractivity contribution is -0.123. The van der Waals surface area contributed by atoms with Crippen molar-refractivity contribution < 1.29 is 14.3 Å². The van der Waals surface area contributed by atoms with Gasteiger partial charge < -0.3 is 10.1 Å². The minimum Gasteiger partial charge on any atom is -0.449 e. The first-order valence-electron chi connectivity index (χ1n) is 7.47. The molecule has 126 valence electrons. The van der Waals surface area contributed by atoms with E-state index in [9.17, 15) is 9.59 Å². The van der Waals surface area contributed by atoms with Crippen LogP contribution in [-0.4, -0.2) is 18.0 Å². The molecule has 0 aliphatic rings. The molecule has 24 heavy (non-hydrogen) atoms. The van der Waals surface area contributed by atoms with E-state index >= 15 is 0 Å². The highest BCUT2D eigenvalue weighted by atomic mass is 35.5. The van der Waals surface area contributed by atoms with E-state index < -0.39 is 18.0 Å². The molecule has 0 saturated heterocycles. The highest BCUT2D eigenvalue weighted by Gasteiger charge is 2.22. The maximum absolute atomic E-state index is 12.2. The SMILES string of the molecule is CCc1ccc(NC(=O)[C@H](C)OC(=O)c2c(Cl)cccc2Cl)cc1. The quantitative estimate of drug-likeness (QED) is 0.778. The molecule has 0 bridgehead atoms. The van der Waals surface area contributed by atoms with E-state index in [2.05, 4.69) is 12.2 Å². The molecule has 6 heteroatoms. The van der Waals surface area contributed by atoms with E-state index in [1.807, 2.05) is 12.1 Å². The number of amides is 1. The molecule has 0 fully saturated rings. The van der Waals surface area contributed by atoms with Gasteiger partial charge in [-0.25, -0.2) is 4.79 Å². The maximum atomic E-state index is 12.2. The molecule has 0 unspecified atom stereocenters. The predicted octanol–water partition coefficient (Wildman–Crippen LogP) is 4.74. The van der Waals surface area contributed by atoms with E-state index in [-0.39, 0.29) is 15.6 Å². The number of hydrogen-bond donors (Lipinski definition) is 1. The number of nitrogens with one attached hydrogen (secondary N) is 1. The van der Waals surface area contributed by atoms with E-state index in [0.717, 1.165) is 6.42 Å². The summed E-state index contributed by atoms with van der Waals surface area (Å²) in [5.74, 6) is -1.18. The standard InChI is InChI=1S/C18H17Cl2NO3/c1-3-12-7-9-13(10-8-12)21-17(22)11(2)24-18(23)16-14(19)5-4-6-15(16)20/h4-11H,3H2,1-2H3,(H,21,22)/t11-/m0/s1. The highest BCUT2D eigenvalue weighted by molar-refractivity contribution is 6.39. The number of hydrogen-bond acceptors (Lipinski definition) is 3. The molecule has 0 aliphatic carbocycles. The minimum atomic E-state index is -0.990. The van der Waals surface area contributed by atoms with Crippen LogP contribution in [0.3, 0.4) is 0 Å². The Morgan fingerprint density at radius 3 is 2.21 bits per heavy atom. The van der Waals surface area contributed by atoms with Gasteiger partial charge in [0.25, 0.3) is 5.91 Å². The van der Waals surface area contributed by atoms with Crippen molar-refractivity contribution in [1.82, 2.24) is 0 Å². The van der Waals surface area contributed by atoms with Crippen molar-refractivity contribution in [1.29, 1.82) is 0 Å². The van der Waals surface area contributed by atoms with Crippen LogP contribution < -0.4 is 5.32 Å². The monoisotopic (exact) mass is 365 g/mol. The molecular formula is C18H17Cl2NO3. The molecule has 1 amide bonds. The minimum absolute atomic E-state index is 0.0489. The highest BCUT2D eigenvalue weighted by Crippen LogP contribution is 2.25. The largest absolute Gasteiger partial charge is 0.449 e. The van der Waals surface area contributed by atoms with Crippen LogP contribution >= 0.6 is 23.2 Å². The molecule has 0 radical (unpaired) electrons. The normalized spacial score (nSPS) is 11.7. The maximum Gasteiger partial charge on any atom is 0.341 e. The average Bonchev–Trinajstić information content (AvgIpc) is 2.55. The second-order valence-electron chi connectivity index (χ2n) is 5.18. The fourth-order valence-corrected chi connectivity index (χ4v) is 2.59. The topological polar surface area (TPSA) is 55.4 Å². The number of carbonyl (C=O) groups is 2. The van der Waals surface area contributed by atoms with Crippen molar-refractivity contribution in [3.8, 4) is 0 Å². The number of carbonyl (C=O) groups excluding carboxylic acids is 2. The summed E-state index contributed by atoms with van der Waals surface area (Å²) in [5.41, 5.74) is 1.85. The van der Waals surface area contributed by atoms with Crippen LogP contribution in [0.4, 0.5) is 5.69 Å². The van der Waals surface area contributed by atoms with Crippen molar-refractivity contribution in [2.24, 2.45) is 0 Å². The summed E-state index contributed by atoms with van der Waals surface area (Å²) in [6.07, 6.45) is -0.0726. The van der Waals surface area contributed by atoms with Crippen LogP contribution in [0.25, 0.3) is 0 Å². The third-order valence-corrected chi connectivity index (χ3v) is 4.08. The zero-order valence-electron chi connectivity index (χ0n) is 13.3. The first kappa shape index (κ1) is 18.3. The molecule has 1 atom stereocenters. The van der Waals surface area contributed by atoms with Gasteiger partial charge in [0.2, 0.25) is 0 Å². The number of rotatable bonds is 5. The Hall–Kier alpha value is -2.04. The van der Waals surface area contributed by atoms with Gasteiger partial charge in [-0.2, -0.15) is 0 Å². The van der Waals surface area contributed by atoms with Gasteiger partial charge in [-0.15, -0.1) is 0 Å². The summed E-state index contributed by atoms with van der Waals surface area (Å²) in [5, 5.41) is 3.05. The molecule has 0 heterocycles. The Kier molecular flexibility index (Phi) is 6.23. The van der Waals surface area contributed by atoms with E-state index in [1.54, 1.807) is 18.2 Å². The van der Waals surface area contributed by atoms with E-state index in [1.165, 1.54) is 24.6 Å². The summed E-state index contributed by atoms with van der Waals surface area (Å²) in [4.78, 5) is 24.3. The van der Waals surface area contributed by atoms with Crippen LogP contribution in [0.5, 0.6) is 0 Å². The second-order valence-corrected chi connectivity index (χ2v) is 6.00. The first-order valence-corrected chi connectivity index (χ1v) is 8.22. The number of anilines is 1. The molecule has 0 aliphatic heterocycles. The fourth-order valence-electron chi connectivity index (χ4n) is 2.03. The molecule has 4 nitrogen and oxygen atoms in total. The van der Waals surface area contributed by atoms with Gasteiger partial charge in [0.05, 0.1) is 15.6 Å². The molecule has 0 aromatic heterocycles. The van der Waals surface area contributed by atoms with Crippen LogP contribution in [0.15, 0.2) is 42.5 Å². The van der Waals surface area contributed by atoms with Gasteiger partial charge in [-0.3, -0.25) is 4.79 Å². The van der Waals surface area contributed by atoms with Crippen LogP contribution in [-0.2, 0) is 16.0 Å². The van der Waals surface area contributed by atoms with Gasteiger partial charge >= 0.3 is 5.97 Å². The van der Waals surface area contributed by atoms with Gasteiger partial charge in [0.1, 0.15) is 0 Å². The number of ether oxygens (including phenoxy) is 1. The zero-order valence-corrected chi connectivity index (χ0v) is 14.8. The molecule has 2 aromatic carbocycles. The number of halogens is 2. The Labute approximate surface area is 150 Å². The van der Waals surface area contributed by atoms with Crippen molar-refractivity contribution in [3.63, 3.8) is 0 Å². The Morgan fingerprint density at radius 2 is 1.67 bits per heavy atom. The molecule has 2 aromatic rings. The van der Waals surface area contributed by atoms with Crippen LogP contribution in [0.2, 0.25) is 10.0 Å². The van der Waals surface area contributed by atoms with Crippen molar-refractivity contribution in [2.75, 3.05) is 5.32 Å². The Morgan fingerprint density at radius 1 is 1.08 bits per heavy atom. The zero-order chi connectivity index (χ0) is 17.7. The van der Waals surface area contributed by atoms with Crippen molar-refractivity contribution >= 4 is 40.8 Å². The summed E-state index contributed by atoms with van der Waals surface area (Å²) >= 11 is 11.9. The molecule has 0 saturated carbocycles. The molecule has 0 spiro atoms. The van der Waals surface area contributed by atoms with Gasteiger partial charge in [-0.1, -0.05) is 48.3 Å². The Balaban J connectivity index is 2.01. The number of aryl methyl sites for hydroxylation is 1. The third kappa shape index (κ3) is 4.49. The summed E-state index contributed by atoms with van der Waals surface area (Å²) < 4.78 is 5.16. The van der Waals surface area contributed by atoms with E-state index in [0.29, 0.717) is 5.69 Å². The summed E-state index contributed by atoms with van der Waals surface area (Å²) in [6.45, 7) is 3.54. The van der Waals surface area contributed by atoms with Crippen molar-refractivity contribution in [2.45, 2.75) is 26.4 Å². The molecule has 2 rings (SSSR count). The van der Waals surface area contributed by atoms with Gasteiger partial charge in [0.15, 0.2) is 6.10 Å².